The number of pyridine rings is 1. The van der Waals surface area contributed by atoms with Crippen molar-refractivity contribution in [1.29, 1.82) is 0 Å². The topological polar surface area (TPSA) is 34.0 Å². The van der Waals surface area contributed by atoms with Gasteiger partial charge in [-0.1, -0.05) is 33.8 Å². The molecule has 0 radical (unpaired) electrons. The Bertz CT molecular complexity index is 360. The summed E-state index contributed by atoms with van der Waals surface area (Å²) in [5, 5.41) is 3.28. The summed E-state index contributed by atoms with van der Waals surface area (Å²) in [4.78, 5) is 12.1. The molecular formula is C14H24N2O. The molecule has 17 heavy (non-hydrogen) atoms. The molecule has 0 amide bonds. The van der Waals surface area contributed by atoms with E-state index in [-0.39, 0.29) is 5.56 Å². The Kier molecular flexibility index (Phi) is 5.42. The monoisotopic (exact) mass is 236 g/mol. The first-order valence-corrected chi connectivity index (χ1v) is 6.42. The van der Waals surface area contributed by atoms with Gasteiger partial charge >= 0.3 is 0 Å². The first-order chi connectivity index (χ1) is 8.00. The van der Waals surface area contributed by atoms with Crippen molar-refractivity contribution in [3.63, 3.8) is 0 Å². The number of aromatic nitrogens is 1. The molecule has 0 aliphatic heterocycles. The van der Waals surface area contributed by atoms with Gasteiger partial charge in [0, 0.05) is 30.9 Å². The third-order valence-electron chi connectivity index (χ3n) is 2.75. The van der Waals surface area contributed by atoms with Crippen molar-refractivity contribution in [2.45, 2.75) is 53.2 Å². The van der Waals surface area contributed by atoms with Gasteiger partial charge in [0.2, 0.25) is 0 Å². The molecule has 0 spiro atoms. The van der Waals surface area contributed by atoms with E-state index in [0.29, 0.717) is 18.5 Å². The van der Waals surface area contributed by atoms with Gasteiger partial charge in [-0.25, -0.2) is 0 Å². The van der Waals surface area contributed by atoms with Crippen molar-refractivity contribution >= 4 is 0 Å². The molecule has 1 heterocycles. The highest BCUT2D eigenvalue weighted by atomic mass is 16.1. The minimum absolute atomic E-state index is 0.140. The minimum Gasteiger partial charge on any atom is -0.315 e. The molecule has 0 bridgehead atoms. The maximum absolute atomic E-state index is 12.1. The molecule has 0 atom stereocenters. The van der Waals surface area contributed by atoms with Crippen LogP contribution in [0.1, 0.15) is 39.7 Å². The molecule has 3 nitrogen and oxygen atoms in total. The normalized spacial score (nSPS) is 11.4. The summed E-state index contributed by atoms with van der Waals surface area (Å²) >= 11 is 0. The van der Waals surface area contributed by atoms with Crippen LogP contribution in [0.2, 0.25) is 0 Å². The highest BCUT2D eigenvalue weighted by Crippen LogP contribution is 2.01. The first-order valence-electron chi connectivity index (χ1n) is 6.42. The predicted molar refractivity (Wildman–Crippen MR) is 72.1 cm³/mol. The summed E-state index contributed by atoms with van der Waals surface area (Å²) in [6.45, 7) is 9.98. The quantitative estimate of drug-likeness (QED) is 0.823. The van der Waals surface area contributed by atoms with E-state index in [1.165, 1.54) is 0 Å². The molecule has 1 aromatic heterocycles. The molecule has 1 aromatic rings. The highest BCUT2D eigenvalue weighted by Gasteiger charge is 2.04. The summed E-state index contributed by atoms with van der Waals surface area (Å²) in [7, 11) is 0. The summed E-state index contributed by atoms with van der Waals surface area (Å²) in [6.07, 6.45) is 2.92. The number of aryl methyl sites for hydroxylation is 1. The van der Waals surface area contributed by atoms with E-state index >= 15 is 0 Å². The Morgan fingerprint density at radius 3 is 2.59 bits per heavy atom. The van der Waals surface area contributed by atoms with Gasteiger partial charge in [-0.2, -0.15) is 0 Å². The molecule has 0 aromatic carbocycles. The minimum atomic E-state index is 0.140. The fourth-order valence-corrected chi connectivity index (χ4v) is 1.61. The SMILES string of the molecule is CC(C)CCn1cccc(CNC(C)C)c1=O. The van der Waals surface area contributed by atoms with Gasteiger partial charge in [-0.05, 0) is 18.4 Å². The summed E-state index contributed by atoms with van der Waals surface area (Å²) in [5.74, 6) is 0.624. The fraction of sp³-hybridized carbons (Fsp3) is 0.643. The van der Waals surface area contributed by atoms with Crippen LogP contribution in [-0.2, 0) is 13.1 Å². The molecule has 0 unspecified atom stereocenters. The van der Waals surface area contributed by atoms with Crippen LogP contribution >= 0.6 is 0 Å². The van der Waals surface area contributed by atoms with Crippen molar-refractivity contribution in [2.75, 3.05) is 0 Å². The lowest BCUT2D eigenvalue weighted by Crippen LogP contribution is -2.29. The van der Waals surface area contributed by atoms with Crippen LogP contribution in [0.3, 0.4) is 0 Å². The van der Waals surface area contributed by atoms with Crippen LogP contribution in [0.25, 0.3) is 0 Å². The number of nitrogens with one attached hydrogen (secondary N) is 1. The molecule has 96 valence electrons. The summed E-state index contributed by atoms with van der Waals surface area (Å²) in [6, 6.07) is 4.27. The Balaban J connectivity index is 2.73. The van der Waals surface area contributed by atoms with E-state index in [4.69, 9.17) is 0 Å². The number of nitrogens with zero attached hydrogens (tertiary/aromatic N) is 1. The van der Waals surface area contributed by atoms with E-state index in [1.807, 2.05) is 22.9 Å². The molecule has 0 fully saturated rings. The molecular weight excluding hydrogens is 212 g/mol. The first kappa shape index (κ1) is 14.0. The van der Waals surface area contributed by atoms with Crippen molar-refractivity contribution in [1.82, 2.24) is 9.88 Å². The second-order valence-corrected chi connectivity index (χ2v) is 5.25. The van der Waals surface area contributed by atoms with E-state index < -0.39 is 0 Å². The lowest BCUT2D eigenvalue weighted by molar-refractivity contribution is 0.503. The smallest absolute Gasteiger partial charge is 0.255 e. The molecule has 0 saturated heterocycles. The van der Waals surface area contributed by atoms with E-state index in [2.05, 4.69) is 33.0 Å². The van der Waals surface area contributed by atoms with Gasteiger partial charge in [0.15, 0.2) is 0 Å². The third kappa shape index (κ3) is 4.73. The standard InChI is InChI=1S/C14H24N2O/c1-11(2)7-9-16-8-5-6-13(14(16)17)10-15-12(3)4/h5-6,8,11-12,15H,7,9-10H2,1-4H3. The van der Waals surface area contributed by atoms with Crippen LogP contribution < -0.4 is 10.9 Å². The Labute approximate surface area is 104 Å². The summed E-state index contributed by atoms with van der Waals surface area (Å²) < 4.78 is 1.82. The van der Waals surface area contributed by atoms with Crippen molar-refractivity contribution < 1.29 is 0 Å². The number of hydrogen-bond donors (Lipinski definition) is 1. The van der Waals surface area contributed by atoms with Crippen LogP contribution in [0, 0.1) is 5.92 Å². The number of hydrogen-bond acceptors (Lipinski definition) is 2. The third-order valence-corrected chi connectivity index (χ3v) is 2.75. The lowest BCUT2D eigenvalue weighted by Gasteiger charge is -2.11. The van der Waals surface area contributed by atoms with E-state index in [9.17, 15) is 4.79 Å². The molecule has 0 aliphatic carbocycles. The molecule has 1 N–H and O–H groups in total. The zero-order valence-corrected chi connectivity index (χ0v) is 11.4. The average Bonchev–Trinajstić information content (AvgIpc) is 2.25. The molecule has 3 heteroatoms. The van der Waals surface area contributed by atoms with Gasteiger partial charge in [0.1, 0.15) is 0 Å². The summed E-state index contributed by atoms with van der Waals surface area (Å²) in [5.41, 5.74) is 0.992. The Hall–Kier alpha value is -1.09. The second-order valence-electron chi connectivity index (χ2n) is 5.25. The van der Waals surface area contributed by atoms with Crippen molar-refractivity contribution in [3.8, 4) is 0 Å². The van der Waals surface area contributed by atoms with Crippen LogP contribution in [0.15, 0.2) is 23.1 Å². The van der Waals surface area contributed by atoms with E-state index in [1.54, 1.807) is 0 Å². The molecule has 1 rings (SSSR count). The van der Waals surface area contributed by atoms with Gasteiger partial charge in [-0.3, -0.25) is 4.79 Å². The van der Waals surface area contributed by atoms with Gasteiger partial charge in [0.05, 0.1) is 0 Å². The second kappa shape index (κ2) is 6.60. The highest BCUT2D eigenvalue weighted by molar-refractivity contribution is 5.10. The molecule has 0 saturated carbocycles. The van der Waals surface area contributed by atoms with Crippen LogP contribution in [0.5, 0.6) is 0 Å². The van der Waals surface area contributed by atoms with Gasteiger partial charge in [0.25, 0.3) is 5.56 Å². The fourth-order valence-electron chi connectivity index (χ4n) is 1.61. The number of rotatable bonds is 6. The van der Waals surface area contributed by atoms with Crippen LogP contribution in [0.4, 0.5) is 0 Å². The van der Waals surface area contributed by atoms with E-state index in [0.717, 1.165) is 18.5 Å². The van der Waals surface area contributed by atoms with Gasteiger partial charge in [-0.15, -0.1) is 0 Å². The van der Waals surface area contributed by atoms with Gasteiger partial charge < -0.3 is 9.88 Å². The van der Waals surface area contributed by atoms with Crippen LogP contribution in [-0.4, -0.2) is 10.6 Å². The molecule has 0 aliphatic rings. The Morgan fingerprint density at radius 1 is 1.29 bits per heavy atom. The largest absolute Gasteiger partial charge is 0.315 e. The van der Waals surface area contributed by atoms with Crippen molar-refractivity contribution in [3.05, 3.63) is 34.2 Å². The maximum Gasteiger partial charge on any atom is 0.255 e. The zero-order valence-electron chi connectivity index (χ0n) is 11.4. The average molecular weight is 236 g/mol. The predicted octanol–water partition coefficient (Wildman–Crippen LogP) is 2.39. The zero-order chi connectivity index (χ0) is 12.8. The Morgan fingerprint density at radius 2 is 2.00 bits per heavy atom. The van der Waals surface area contributed by atoms with Crippen molar-refractivity contribution in [2.24, 2.45) is 5.92 Å². The maximum atomic E-state index is 12.1. The lowest BCUT2D eigenvalue weighted by atomic mass is 10.1.